The minimum absolute atomic E-state index is 0.0594. The maximum absolute atomic E-state index is 13.8. The highest BCUT2D eigenvalue weighted by Crippen LogP contribution is 2.23. The zero-order valence-electron chi connectivity index (χ0n) is 11.4. The molecule has 3 nitrogen and oxygen atoms in total. The van der Waals surface area contributed by atoms with E-state index in [0.717, 1.165) is 17.7 Å². The molecule has 0 heterocycles. The summed E-state index contributed by atoms with van der Waals surface area (Å²) in [6, 6.07) is 11.2. The quantitative estimate of drug-likeness (QED) is 0.879. The summed E-state index contributed by atoms with van der Waals surface area (Å²) >= 11 is 0. The molecule has 0 saturated heterocycles. The highest BCUT2D eigenvalue weighted by Gasteiger charge is 2.15. The van der Waals surface area contributed by atoms with E-state index in [9.17, 15) is 13.6 Å². The molecule has 2 N–H and O–H groups in total. The molecule has 0 radical (unpaired) electrons. The van der Waals surface area contributed by atoms with Gasteiger partial charge in [-0.3, -0.25) is 0 Å². The van der Waals surface area contributed by atoms with E-state index in [-0.39, 0.29) is 11.6 Å². The van der Waals surface area contributed by atoms with Gasteiger partial charge in [-0.1, -0.05) is 37.3 Å². The maximum Gasteiger partial charge on any atom is 0.335 e. The fourth-order valence-electron chi connectivity index (χ4n) is 2.02. The second-order valence-electron chi connectivity index (χ2n) is 4.81. The molecule has 0 bridgehead atoms. The van der Waals surface area contributed by atoms with Crippen LogP contribution in [-0.4, -0.2) is 17.6 Å². The Kier molecular flexibility index (Phi) is 4.52. The molecule has 0 amide bonds. The molecule has 0 aliphatic heterocycles. The van der Waals surface area contributed by atoms with E-state index in [1.54, 1.807) is 0 Å². The molecule has 21 heavy (non-hydrogen) atoms. The number of nitrogens with one attached hydrogen (secondary N) is 1. The minimum atomic E-state index is -1.36. The van der Waals surface area contributed by atoms with Crippen LogP contribution in [0.5, 0.6) is 0 Å². The highest BCUT2D eigenvalue weighted by molar-refractivity contribution is 5.88. The highest BCUT2D eigenvalue weighted by atomic mass is 19.1. The van der Waals surface area contributed by atoms with Crippen molar-refractivity contribution in [3.8, 4) is 0 Å². The van der Waals surface area contributed by atoms with Gasteiger partial charge in [0.2, 0.25) is 0 Å². The second-order valence-corrected chi connectivity index (χ2v) is 4.81. The molecule has 2 aromatic carbocycles. The van der Waals surface area contributed by atoms with Gasteiger partial charge in [0.25, 0.3) is 0 Å². The number of rotatable bonds is 5. The lowest BCUT2D eigenvalue weighted by Crippen LogP contribution is -2.13. The summed E-state index contributed by atoms with van der Waals surface area (Å²) in [5.41, 5.74) is 0.336. The number of benzene rings is 2. The van der Waals surface area contributed by atoms with Crippen LogP contribution in [0, 0.1) is 11.6 Å². The van der Waals surface area contributed by atoms with Gasteiger partial charge in [0, 0.05) is 6.54 Å². The lowest BCUT2D eigenvalue weighted by atomic mass is 10.0. The molecule has 0 fully saturated rings. The van der Waals surface area contributed by atoms with Gasteiger partial charge in [-0.25, -0.2) is 13.6 Å². The predicted octanol–water partition coefficient (Wildman–Crippen LogP) is 3.88. The van der Waals surface area contributed by atoms with E-state index in [0.29, 0.717) is 6.54 Å². The van der Waals surface area contributed by atoms with Crippen molar-refractivity contribution < 1.29 is 18.7 Å². The summed E-state index contributed by atoms with van der Waals surface area (Å²) in [6.45, 7) is 2.27. The van der Waals surface area contributed by atoms with Gasteiger partial charge in [-0.2, -0.15) is 0 Å². The molecule has 5 heteroatoms. The van der Waals surface area contributed by atoms with Crippen molar-refractivity contribution in [1.29, 1.82) is 0 Å². The fraction of sp³-hybridized carbons (Fsp3) is 0.188. The number of hydrogen-bond donors (Lipinski definition) is 2. The number of carboxylic acid groups (broad SMARTS) is 1. The number of aromatic carboxylic acids is 1. The first-order valence-corrected chi connectivity index (χ1v) is 6.50. The van der Waals surface area contributed by atoms with Gasteiger partial charge in [0.05, 0.1) is 5.56 Å². The summed E-state index contributed by atoms with van der Waals surface area (Å²) in [6.07, 6.45) is 0. The standard InChI is InChI=1S/C16H15F2NO2/c1-10(11-5-3-2-4-6-11)9-19-15-13(17)7-12(16(20)21)8-14(15)18/h2-8,10,19H,9H2,1H3,(H,20,21). The first kappa shape index (κ1) is 15.0. The summed E-state index contributed by atoms with van der Waals surface area (Å²) in [5, 5.41) is 11.4. The Hall–Kier alpha value is -2.43. The molecule has 110 valence electrons. The van der Waals surface area contributed by atoms with Gasteiger partial charge in [0.1, 0.15) is 17.3 Å². The Bertz CT molecular complexity index is 621. The van der Waals surface area contributed by atoms with E-state index in [2.05, 4.69) is 5.32 Å². The molecule has 1 unspecified atom stereocenters. The number of hydrogen-bond acceptors (Lipinski definition) is 2. The van der Waals surface area contributed by atoms with Crippen molar-refractivity contribution in [2.45, 2.75) is 12.8 Å². The van der Waals surface area contributed by atoms with Crippen molar-refractivity contribution in [2.24, 2.45) is 0 Å². The van der Waals surface area contributed by atoms with Gasteiger partial charge in [-0.15, -0.1) is 0 Å². The average molecular weight is 291 g/mol. The van der Waals surface area contributed by atoms with Crippen LogP contribution in [-0.2, 0) is 0 Å². The van der Waals surface area contributed by atoms with Crippen molar-refractivity contribution in [3.05, 3.63) is 65.2 Å². The van der Waals surface area contributed by atoms with Crippen molar-refractivity contribution >= 4 is 11.7 Å². The van der Waals surface area contributed by atoms with E-state index in [1.807, 2.05) is 37.3 Å². The molecule has 0 aromatic heterocycles. The van der Waals surface area contributed by atoms with Gasteiger partial charge < -0.3 is 10.4 Å². The summed E-state index contributed by atoms with van der Waals surface area (Å²) in [5.74, 6) is -3.12. The Morgan fingerprint density at radius 3 is 2.29 bits per heavy atom. The number of carboxylic acids is 1. The Labute approximate surface area is 121 Å². The largest absolute Gasteiger partial charge is 0.478 e. The van der Waals surface area contributed by atoms with Gasteiger partial charge in [-0.05, 0) is 23.6 Å². The molecular weight excluding hydrogens is 276 g/mol. The molecule has 0 saturated carbocycles. The molecule has 0 aliphatic rings. The summed E-state index contributed by atoms with van der Waals surface area (Å²) < 4.78 is 27.5. The van der Waals surface area contributed by atoms with E-state index >= 15 is 0 Å². The molecular formula is C16H15F2NO2. The van der Waals surface area contributed by atoms with Crippen molar-refractivity contribution in [2.75, 3.05) is 11.9 Å². The van der Waals surface area contributed by atoms with E-state index < -0.39 is 23.2 Å². The van der Waals surface area contributed by atoms with Crippen LogP contribution in [0.4, 0.5) is 14.5 Å². The first-order valence-electron chi connectivity index (χ1n) is 6.50. The maximum atomic E-state index is 13.8. The third-order valence-corrected chi connectivity index (χ3v) is 3.24. The third kappa shape index (κ3) is 3.56. The zero-order valence-corrected chi connectivity index (χ0v) is 11.4. The van der Waals surface area contributed by atoms with Gasteiger partial charge in [0.15, 0.2) is 0 Å². The van der Waals surface area contributed by atoms with E-state index in [1.165, 1.54) is 0 Å². The second kappa shape index (κ2) is 6.35. The average Bonchev–Trinajstić information content (AvgIpc) is 2.46. The molecule has 1 atom stereocenters. The Morgan fingerprint density at radius 2 is 1.76 bits per heavy atom. The predicted molar refractivity (Wildman–Crippen MR) is 76.7 cm³/mol. The third-order valence-electron chi connectivity index (χ3n) is 3.24. The van der Waals surface area contributed by atoms with Crippen LogP contribution in [0.3, 0.4) is 0 Å². The molecule has 2 aromatic rings. The molecule has 0 spiro atoms. The monoisotopic (exact) mass is 291 g/mol. The van der Waals surface area contributed by atoms with Crippen LogP contribution in [0.25, 0.3) is 0 Å². The van der Waals surface area contributed by atoms with Crippen LogP contribution >= 0.6 is 0 Å². The smallest absolute Gasteiger partial charge is 0.335 e. The SMILES string of the molecule is CC(CNc1c(F)cc(C(=O)O)cc1F)c1ccccc1. The van der Waals surface area contributed by atoms with Crippen LogP contribution in [0.1, 0.15) is 28.8 Å². The minimum Gasteiger partial charge on any atom is -0.478 e. The van der Waals surface area contributed by atoms with Crippen molar-refractivity contribution in [3.63, 3.8) is 0 Å². The van der Waals surface area contributed by atoms with Crippen LogP contribution < -0.4 is 5.32 Å². The van der Waals surface area contributed by atoms with Gasteiger partial charge >= 0.3 is 5.97 Å². The summed E-state index contributed by atoms with van der Waals surface area (Å²) in [7, 11) is 0. The summed E-state index contributed by atoms with van der Waals surface area (Å²) in [4.78, 5) is 10.7. The molecule has 0 aliphatic carbocycles. The normalized spacial score (nSPS) is 12.0. The lowest BCUT2D eigenvalue weighted by molar-refractivity contribution is 0.0696. The fourth-order valence-corrected chi connectivity index (χ4v) is 2.02. The van der Waals surface area contributed by atoms with Crippen molar-refractivity contribution in [1.82, 2.24) is 0 Å². The number of halogens is 2. The first-order chi connectivity index (χ1) is 9.99. The molecule has 2 rings (SSSR count). The number of anilines is 1. The number of carbonyl (C=O) groups is 1. The topological polar surface area (TPSA) is 49.3 Å². The van der Waals surface area contributed by atoms with Crippen LogP contribution in [0.15, 0.2) is 42.5 Å². The zero-order chi connectivity index (χ0) is 15.4. The van der Waals surface area contributed by atoms with E-state index in [4.69, 9.17) is 5.11 Å². The Balaban J connectivity index is 2.12. The van der Waals surface area contributed by atoms with Crippen LogP contribution in [0.2, 0.25) is 0 Å². The Morgan fingerprint density at radius 1 is 1.19 bits per heavy atom. The lowest BCUT2D eigenvalue weighted by Gasteiger charge is -2.15.